The highest BCUT2D eigenvalue weighted by Crippen LogP contribution is 1.96. The van der Waals surface area contributed by atoms with Crippen LogP contribution < -0.4 is 10.4 Å². The first-order valence-electron chi connectivity index (χ1n) is 5.44. The highest BCUT2D eigenvalue weighted by molar-refractivity contribution is 5.87. The van der Waals surface area contributed by atoms with Gasteiger partial charge >= 0.3 is 5.97 Å². The van der Waals surface area contributed by atoms with Gasteiger partial charge in [-0.25, -0.2) is 4.79 Å². The van der Waals surface area contributed by atoms with Crippen molar-refractivity contribution >= 4 is 11.9 Å². The summed E-state index contributed by atoms with van der Waals surface area (Å²) in [6, 6.07) is 8.04. The minimum atomic E-state index is -0.914. The summed E-state index contributed by atoms with van der Waals surface area (Å²) in [5.74, 6) is -1.79. The highest BCUT2D eigenvalue weighted by Gasteiger charge is 2.18. The monoisotopic (exact) mass is 237 g/mol. The van der Waals surface area contributed by atoms with E-state index >= 15 is 0 Å². The van der Waals surface area contributed by atoms with Crippen LogP contribution in [0.4, 0.5) is 0 Å². The molecule has 17 heavy (non-hydrogen) atoms. The maximum atomic E-state index is 10.2. The van der Waals surface area contributed by atoms with Crippen LogP contribution in [0.5, 0.6) is 0 Å². The number of carbonyl (C=O) groups excluding carboxylic acids is 1. The van der Waals surface area contributed by atoms with Crippen LogP contribution in [-0.4, -0.2) is 29.6 Å². The van der Waals surface area contributed by atoms with Crippen molar-refractivity contribution in [1.82, 2.24) is 0 Å². The quantitative estimate of drug-likeness (QED) is 0.679. The number of benzene rings is 1. The predicted molar refractivity (Wildman–Crippen MR) is 58.2 cm³/mol. The fourth-order valence-corrected chi connectivity index (χ4v) is 1.57. The molecule has 1 heterocycles. The van der Waals surface area contributed by atoms with Crippen LogP contribution in [0.15, 0.2) is 30.3 Å². The molecule has 0 unspecified atom stereocenters. The Hall–Kier alpha value is -1.88. The number of hydrogen-bond acceptors (Lipinski definition) is 3. The molecule has 92 valence electrons. The Morgan fingerprint density at radius 2 is 1.94 bits per heavy atom. The Bertz CT molecular complexity index is 371. The summed E-state index contributed by atoms with van der Waals surface area (Å²) in [6.45, 7) is 0.943. The molecule has 1 aromatic carbocycles. The van der Waals surface area contributed by atoms with Gasteiger partial charge in [0, 0.05) is 12.8 Å². The molecule has 1 fully saturated rings. The number of quaternary nitrogens is 1. The van der Waals surface area contributed by atoms with Crippen molar-refractivity contribution in [1.29, 1.82) is 0 Å². The summed E-state index contributed by atoms with van der Waals surface area (Å²) in [7, 11) is 0. The standard InChI is InChI=1S/C7H6O2.C5H9NO2/c8-7(9)6-4-2-1-3-5-6;7-5(8)4-2-1-3-6-4/h1-5H,(H,8,9);4,6H,1-3H2,(H,7,8)/t;4-/m.0/s1. The summed E-state index contributed by atoms with van der Waals surface area (Å²) in [5, 5.41) is 20.3. The van der Waals surface area contributed by atoms with Gasteiger partial charge < -0.3 is 20.3 Å². The molecule has 0 bridgehead atoms. The van der Waals surface area contributed by atoms with Crippen molar-refractivity contribution in [2.45, 2.75) is 18.9 Å². The molecule has 0 aliphatic carbocycles. The Kier molecular flexibility index (Phi) is 5.16. The van der Waals surface area contributed by atoms with Gasteiger partial charge in [0.05, 0.1) is 18.1 Å². The molecule has 3 N–H and O–H groups in total. The molecule has 1 aliphatic rings. The minimum Gasteiger partial charge on any atom is -0.544 e. The van der Waals surface area contributed by atoms with Gasteiger partial charge in [-0.3, -0.25) is 0 Å². The average Bonchev–Trinajstić information content (AvgIpc) is 2.84. The smallest absolute Gasteiger partial charge is 0.335 e. The maximum absolute atomic E-state index is 10.2. The van der Waals surface area contributed by atoms with E-state index in [0.717, 1.165) is 19.4 Å². The lowest BCUT2D eigenvalue weighted by Gasteiger charge is -2.05. The van der Waals surface area contributed by atoms with Gasteiger partial charge in [-0.2, -0.15) is 0 Å². The first kappa shape index (κ1) is 13.2. The molecule has 0 saturated carbocycles. The van der Waals surface area contributed by atoms with E-state index in [1.54, 1.807) is 30.3 Å². The number of rotatable bonds is 2. The first-order chi connectivity index (χ1) is 8.11. The Balaban J connectivity index is 0.000000171. The maximum Gasteiger partial charge on any atom is 0.335 e. The van der Waals surface area contributed by atoms with Gasteiger partial charge in [0.2, 0.25) is 0 Å². The van der Waals surface area contributed by atoms with Crippen molar-refractivity contribution < 1.29 is 25.1 Å². The molecule has 1 aliphatic heterocycles. The lowest BCUT2D eigenvalue weighted by atomic mass is 10.2. The van der Waals surface area contributed by atoms with E-state index < -0.39 is 11.9 Å². The van der Waals surface area contributed by atoms with Crippen molar-refractivity contribution in [3.05, 3.63) is 35.9 Å². The van der Waals surface area contributed by atoms with Crippen LogP contribution >= 0.6 is 0 Å². The molecule has 5 nitrogen and oxygen atoms in total. The van der Waals surface area contributed by atoms with E-state index in [1.807, 2.05) is 5.32 Å². The van der Waals surface area contributed by atoms with E-state index in [-0.39, 0.29) is 6.04 Å². The normalized spacial score (nSPS) is 18.0. The molecule has 5 heteroatoms. The summed E-state index contributed by atoms with van der Waals surface area (Å²) >= 11 is 0. The number of aromatic carboxylic acids is 1. The topological polar surface area (TPSA) is 94.0 Å². The molecule has 0 amide bonds. The van der Waals surface area contributed by atoms with Gasteiger partial charge in [0.1, 0.15) is 6.04 Å². The van der Waals surface area contributed by atoms with E-state index in [4.69, 9.17) is 5.11 Å². The number of nitrogens with two attached hydrogens (primary N) is 1. The molecular formula is C12H15NO4. The molecular weight excluding hydrogens is 222 g/mol. The van der Waals surface area contributed by atoms with Gasteiger partial charge in [0.25, 0.3) is 0 Å². The Labute approximate surface area is 99.1 Å². The molecule has 0 spiro atoms. The Morgan fingerprint density at radius 1 is 1.29 bits per heavy atom. The van der Waals surface area contributed by atoms with Crippen LogP contribution in [0.3, 0.4) is 0 Å². The van der Waals surface area contributed by atoms with Gasteiger partial charge in [-0.05, 0) is 12.1 Å². The summed E-state index contributed by atoms with van der Waals surface area (Å²) in [4.78, 5) is 20.3. The van der Waals surface area contributed by atoms with Crippen molar-refractivity contribution in [2.24, 2.45) is 0 Å². The second-order valence-electron chi connectivity index (χ2n) is 3.76. The molecule has 1 aromatic rings. The van der Waals surface area contributed by atoms with Crippen molar-refractivity contribution in [2.75, 3.05) is 6.54 Å². The van der Waals surface area contributed by atoms with E-state index in [1.165, 1.54) is 0 Å². The number of carbonyl (C=O) groups is 2. The Morgan fingerprint density at radius 3 is 2.24 bits per heavy atom. The molecule has 0 aromatic heterocycles. The largest absolute Gasteiger partial charge is 0.544 e. The van der Waals surface area contributed by atoms with Crippen LogP contribution in [0.1, 0.15) is 23.2 Å². The zero-order valence-corrected chi connectivity index (χ0v) is 9.33. The predicted octanol–water partition coefficient (Wildman–Crippen LogP) is -1.15. The van der Waals surface area contributed by atoms with Gasteiger partial charge in [-0.1, -0.05) is 18.2 Å². The second-order valence-corrected chi connectivity index (χ2v) is 3.76. The zero-order valence-electron chi connectivity index (χ0n) is 9.33. The zero-order chi connectivity index (χ0) is 12.7. The van der Waals surface area contributed by atoms with E-state index in [2.05, 4.69) is 0 Å². The minimum absolute atomic E-state index is 0.255. The number of hydrogen-bond donors (Lipinski definition) is 2. The fourth-order valence-electron chi connectivity index (χ4n) is 1.57. The third-order valence-corrected chi connectivity index (χ3v) is 2.49. The van der Waals surface area contributed by atoms with Crippen LogP contribution in [0, 0.1) is 0 Å². The lowest BCUT2D eigenvalue weighted by Crippen LogP contribution is -2.89. The molecule has 2 rings (SSSR count). The van der Waals surface area contributed by atoms with Crippen molar-refractivity contribution in [3.8, 4) is 0 Å². The summed E-state index contributed by atoms with van der Waals surface area (Å²) in [5.41, 5.74) is 0.331. The third-order valence-electron chi connectivity index (χ3n) is 2.49. The molecule has 0 radical (unpaired) electrons. The lowest BCUT2D eigenvalue weighted by molar-refractivity contribution is -0.664. The molecule has 1 atom stereocenters. The van der Waals surface area contributed by atoms with E-state index in [9.17, 15) is 14.7 Å². The number of aliphatic carboxylic acids is 1. The van der Waals surface area contributed by atoms with Crippen LogP contribution in [0.25, 0.3) is 0 Å². The summed E-state index contributed by atoms with van der Waals surface area (Å²) < 4.78 is 0. The van der Waals surface area contributed by atoms with Crippen LogP contribution in [-0.2, 0) is 4.79 Å². The van der Waals surface area contributed by atoms with Crippen LogP contribution in [0.2, 0.25) is 0 Å². The van der Waals surface area contributed by atoms with Crippen molar-refractivity contribution in [3.63, 3.8) is 0 Å². The van der Waals surface area contributed by atoms with E-state index in [0.29, 0.717) is 5.56 Å². The summed E-state index contributed by atoms with van der Waals surface area (Å²) in [6.07, 6.45) is 1.79. The SMILES string of the molecule is O=C(O)c1ccccc1.O=C([O-])[C@@H]1CCC[NH2+]1. The van der Waals surface area contributed by atoms with Gasteiger partial charge in [0.15, 0.2) is 0 Å². The molecule has 1 saturated heterocycles. The fraction of sp³-hybridized carbons (Fsp3) is 0.333. The average molecular weight is 237 g/mol. The second kappa shape index (κ2) is 6.65. The first-order valence-corrected chi connectivity index (χ1v) is 5.44. The van der Waals surface area contributed by atoms with Gasteiger partial charge in [-0.15, -0.1) is 0 Å². The third kappa shape index (κ3) is 4.65. The number of carboxylic acids is 2. The number of carboxylic acid groups (broad SMARTS) is 2. The highest BCUT2D eigenvalue weighted by atomic mass is 16.4.